The second-order valence-corrected chi connectivity index (χ2v) is 3.11. The third-order valence-corrected chi connectivity index (χ3v) is 2.21. The van der Waals surface area contributed by atoms with E-state index in [4.69, 9.17) is 11.6 Å². The lowest BCUT2D eigenvalue weighted by Gasteiger charge is -1.99. The van der Waals surface area contributed by atoms with Gasteiger partial charge in [-0.3, -0.25) is 0 Å². The van der Waals surface area contributed by atoms with Crippen molar-refractivity contribution in [3.8, 4) is 0 Å². The summed E-state index contributed by atoms with van der Waals surface area (Å²) >= 11 is 5.71. The molecule has 0 aromatic heterocycles. The number of rotatable bonds is 3. The van der Waals surface area contributed by atoms with Crippen LogP contribution in [0.3, 0.4) is 0 Å². The molecule has 0 saturated carbocycles. The zero-order chi connectivity index (χ0) is 9.68. The van der Waals surface area contributed by atoms with Gasteiger partial charge in [0.15, 0.2) is 0 Å². The minimum atomic E-state index is -0.207. The minimum Gasteiger partial charge on any atom is -0.207 e. The van der Waals surface area contributed by atoms with E-state index in [1.54, 1.807) is 12.1 Å². The number of benzene rings is 1. The third-order valence-electron chi connectivity index (χ3n) is 1.87. The van der Waals surface area contributed by atoms with Crippen molar-refractivity contribution in [1.82, 2.24) is 0 Å². The van der Waals surface area contributed by atoms with E-state index in [1.165, 1.54) is 12.1 Å². The topological polar surface area (TPSA) is 0 Å². The monoisotopic (exact) mass is 198 g/mol. The molecule has 0 bridgehead atoms. The van der Waals surface area contributed by atoms with Crippen LogP contribution in [-0.2, 0) is 0 Å². The molecule has 0 aliphatic carbocycles. The Morgan fingerprint density at radius 2 is 2.00 bits per heavy atom. The van der Waals surface area contributed by atoms with Gasteiger partial charge in [0.05, 0.1) is 0 Å². The summed E-state index contributed by atoms with van der Waals surface area (Å²) < 4.78 is 12.5. The van der Waals surface area contributed by atoms with Gasteiger partial charge in [-0.05, 0) is 24.1 Å². The fraction of sp³-hybridized carbons (Fsp3) is 0.273. The van der Waals surface area contributed by atoms with E-state index in [9.17, 15) is 4.39 Å². The van der Waals surface area contributed by atoms with Crippen LogP contribution in [0.15, 0.2) is 29.8 Å². The molecular formula is C11H12ClF. The van der Waals surface area contributed by atoms with E-state index in [2.05, 4.69) is 6.92 Å². The van der Waals surface area contributed by atoms with E-state index >= 15 is 0 Å². The normalized spacial score (nSPS) is 11.8. The van der Waals surface area contributed by atoms with Gasteiger partial charge in [-0.2, -0.15) is 0 Å². The lowest BCUT2D eigenvalue weighted by Crippen LogP contribution is -1.82. The van der Waals surface area contributed by atoms with Crippen molar-refractivity contribution in [3.05, 3.63) is 41.2 Å². The molecule has 0 saturated heterocycles. The van der Waals surface area contributed by atoms with Gasteiger partial charge in [0.25, 0.3) is 0 Å². The van der Waals surface area contributed by atoms with Gasteiger partial charge in [-0.15, -0.1) is 11.6 Å². The summed E-state index contributed by atoms with van der Waals surface area (Å²) in [4.78, 5) is 0. The van der Waals surface area contributed by atoms with Crippen LogP contribution in [0.1, 0.15) is 18.9 Å². The fourth-order valence-corrected chi connectivity index (χ4v) is 1.30. The Morgan fingerprint density at radius 1 is 1.38 bits per heavy atom. The van der Waals surface area contributed by atoms with Gasteiger partial charge in [0.1, 0.15) is 5.82 Å². The van der Waals surface area contributed by atoms with Gasteiger partial charge in [-0.1, -0.05) is 30.7 Å². The van der Waals surface area contributed by atoms with E-state index in [0.29, 0.717) is 5.88 Å². The number of allylic oxidation sites excluding steroid dienone is 1. The molecule has 1 aromatic rings. The van der Waals surface area contributed by atoms with Gasteiger partial charge in [0, 0.05) is 5.88 Å². The highest BCUT2D eigenvalue weighted by Gasteiger charge is 1.93. The molecule has 2 heteroatoms. The summed E-state index contributed by atoms with van der Waals surface area (Å²) in [5.41, 5.74) is 2.16. The maximum atomic E-state index is 12.5. The predicted octanol–water partition coefficient (Wildman–Crippen LogP) is 3.86. The highest BCUT2D eigenvalue weighted by atomic mass is 35.5. The Morgan fingerprint density at radius 3 is 2.46 bits per heavy atom. The largest absolute Gasteiger partial charge is 0.207 e. The molecule has 0 fully saturated rings. The summed E-state index contributed by atoms with van der Waals surface area (Å²) in [5, 5.41) is 0. The number of hydrogen-bond acceptors (Lipinski definition) is 0. The van der Waals surface area contributed by atoms with Gasteiger partial charge < -0.3 is 0 Å². The summed E-state index contributed by atoms with van der Waals surface area (Å²) in [6, 6.07) is 6.40. The Hall–Kier alpha value is -0.820. The Balaban J connectivity index is 2.84. The summed E-state index contributed by atoms with van der Waals surface area (Å²) in [6.45, 7) is 2.05. The molecule has 1 rings (SSSR count). The van der Waals surface area contributed by atoms with Crippen molar-refractivity contribution < 1.29 is 4.39 Å². The van der Waals surface area contributed by atoms with Crippen LogP contribution >= 0.6 is 11.6 Å². The summed E-state index contributed by atoms with van der Waals surface area (Å²) in [7, 11) is 0. The standard InChI is InChI=1S/C11H12ClF/c1-2-9(8-12)7-10-3-5-11(13)6-4-10/h3-7H,2,8H2,1H3/b9-7-. The minimum absolute atomic E-state index is 0.207. The summed E-state index contributed by atoms with van der Waals surface area (Å²) in [6.07, 6.45) is 2.92. The van der Waals surface area contributed by atoms with Crippen LogP contribution in [0.25, 0.3) is 6.08 Å². The molecule has 0 atom stereocenters. The maximum Gasteiger partial charge on any atom is 0.123 e. The van der Waals surface area contributed by atoms with Crippen LogP contribution in [0.4, 0.5) is 4.39 Å². The van der Waals surface area contributed by atoms with Gasteiger partial charge in [-0.25, -0.2) is 4.39 Å². The zero-order valence-corrected chi connectivity index (χ0v) is 8.31. The van der Waals surface area contributed by atoms with Crippen LogP contribution in [0.5, 0.6) is 0 Å². The first kappa shape index (κ1) is 10.3. The van der Waals surface area contributed by atoms with Crippen LogP contribution in [0.2, 0.25) is 0 Å². The van der Waals surface area contributed by atoms with Crippen molar-refractivity contribution >= 4 is 17.7 Å². The van der Waals surface area contributed by atoms with Crippen molar-refractivity contribution in [1.29, 1.82) is 0 Å². The Bertz CT molecular complexity index is 281. The van der Waals surface area contributed by atoms with E-state index in [0.717, 1.165) is 17.6 Å². The Kier molecular flexibility index (Phi) is 3.97. The predicted molar refractivity (Wildman–Crippen MR) is 55.4 cm³/mol. The van der Waals surface area contributed by atoms with Crippen molar-refractivity contribution in [2.45, 2.75) is 13.3 Å². The fourth-order valence-electron chi connectivity index (χ4n) is 1.03. The van der Waals surface area contributed by atoms with E-state index in [-0.39, 0.29) is 5.82 Å². The molecule has 70 valence electrons. The average Bonchev–Trinajstić information content (AvgIpc) is 2.17. The average molecular weight is 199 g/mol. The molecule has 0 N–H and O–H groups in total. The zero-order valence-electron chi connectivity index (χ0n) is 7.56. The quantitative estimate of drug-likeness (QED) is 0.647. The van der Waals surface area contributed by atoms with Crippen molar-refractivity contribution in [2.75, 3.05) is 5.88 Å². The summed E-state index contributed by atoms with van der Waals surface area (Å²) in [5.74, 6) is 0.328. The van der Waals surface area contributed by atoms with Gasteiger partial charge >= 0.3 is 0 Å². The van der Waals surface area contributed by atoms with Crippen LogP contribution < -0.4 is 0 Å². The molecule has 0 heterocycles. The first-order valence-corrected chi connectivity index (χ1v) is 4.80. The maximum absolute atomic E-state index is 12.5. The van der Waals surface area contributed by atoms with E-state index in [1.807, 2.05) is 6.08 Å². The first-order chi connectivity index (χ1) is 6.26. The van der Waals surface area contributed by atoms with Crippen molar-refractivity contribution in [2.24, 2.45) is 0 Å². The van der Waals surface area contributed by atoms with Crippen LogP contribution in [-0.4, -0.2) is 5.88 Å². The second kappa shape index (κ2) is 5.03. The molecular weight excluding hydrogens is 187 g/mol. The molecule has 13 heavy (non-hydrogen) atoms. The smallest absolute Gasteiger partial charge is 0.123 e. The number of hydrogen-bond donors (Lipinski definition) is 0. The van der Waals surface area contributed by atoms with Crippen LogP contribution in [0, 0.1) is 5.82 Å². The SMILES string of the molecule is CC/C(=C/c1ccc(F)cc1)CCl. The molecule has 0 aliphatic rings. The highest BCUT2D eigenvalue weighted by molar-refractivity contribution is 6.19. The lowest BCUT2D eigenvalue weighted by atomic mass is 10.1. The highest BCUT2D eigenvalue weighted by Crippen LogP contribution is 2.11. The molecule has 0 aliphatic heterocycles. The number of alkyl halides is 1. The first-order valence-electron chi connectivity index (χ1n) is 4.27. The Labute approximate surface area is 83.0 Å². The van der Waals surface area contributed by atoms with Crippen molar-refractivity contribution in [3.63, 3.8) is 0 Å². The van der Waals surface area contributed by atoms with E-state index < -0.39 is 0 Å². The number of halogens is 2. The molecule has 1 aromatic carbocycles. The molecule has 0 amide bonds. The molecule has 0 radical (unpaired) electrons. The molecule has 0 spiro atoms. The van der Waals surface area contributed by atoms with Gasteiger partial charge in [0.2, 0.25) is 0 Å². The lowest BCUT2D eigenvalue weighted by molar-refractivity contribution is 0.628. The second-order valence-electron chi connectivity index (χ2n) is 2.84. The third kappa shape index (κ3) is 3.19. The molecule has 0 nitrogen and oxygen atoms in total. The molecule has 0 unspecified atom stereocenters.